The Morgan fingerprint density at radius 1 is 1.39 bits per heavy atom. The summed E-state index contributed by atoms with van der Waals surface area (Å²) in [4.78, 5) is 23.9. The maximum absolute atomic E-state index is 12.0. The molecule has 0 radical (unpaired) electrons. The fraction of sp³-hybridized carbons (Fsp3) is 0.538. The van der Waals surface area contributed by atoms with E-state index in [4.69, 9.17) is 5.11 Å². The van der Waals surface area contributed by atoms with Crippen molar-refractivity contribution in [2.24, 2.45) is 0 Å². The second-order valence-corrected chi connectivity index (χ2v) is 5.89. The van der Waals surface area contributed by atoms with E-state index in [-0.39, 0.29) is 12.3 Å². The largest absolute Gasteiger partial charge is 0.481 e. The van der Waals surface area contributed by atoms with E-state index < -0.39 is 11.5 Å². The molecular formula is C13H17NO3S. The first-order chi connectivity index (χ1) is 8.60. The molecule has 1 aromatic rings. The number of hydrogen-bond donors (Lipinski definition) is 2. The molecule has 0 aliphatic heterocycles. The van der Waals surface area contributed by atoms with Crippen molar-refractivity contribution in [3.63, 3.8) is 0 Å². The number of carboxylic acids is 1. The average molecular weight is 267 g/mol. The zero-order chi connectivity index (χ0) is 13.0. The summed E-state index contributed by atoms with van der Waals surface area (Å²) in [5, 5.41) is 13.8. The highest BCUT2D eigenvalue weighted by Crippen LogP contribution is 2.32. The van der Waals surface area contributed by atoms with Gasteiger partial charge in [0.05, 0.1) is 18.4 Å². The van der Waals surface area contributed by atoms with Gasteiger partial charge in [-0.15, -0.1) is 11.3 Å². The zero-order valence-electron chi connectivity index (χ0n) is 10.1. The molecule has 0 unspecified atom stereocenters. The van der Waals surface area contributed by atoms with E-state index in [0.717, 1.165) is 30.6 Å². The van der Waals surface area contributed by atoms with Gasteiger partial charge in [0, 0.05) is 4.88 Å². The summed E-state index contributed by atoms with van der Waals surface area (Å²) in [5.41, 5.74) is -0.514. The molecule has 2 rings (SSSR count). The summed E-state index contributed by atoms with van der Waals surface area (Å²) in [6.45, 7) is 0. The molecule has 0 saturated heterocycles. The Kier molecular flexibility index (Phi) is 4.01. The van der Waals surface area contributed by atoms with Crippen LogP contribution >= 0.6 is 11.3 Å². The zero-order valence-corrected chi connectivity index (χ0v) is 11.0. The minimum atomic E-state index is -0.840. The monoisotopic (exact) mass is 267 g/mol. The van der Waals surface area contributed by atoms with Gasteiger partial charge in [-0.05, 0) is 24.3 Å². The van der Waals surface area contributed by atoms with Gasteiger partial charge in [0.1, 0.15) is 0 Å². The van der Waals surface area contributed by atoms with Crippen LogP contribution in [0.2, 0.25) is 0 Å². The number of nitrogens with one attached hydrogen (secondary N) is 1. The van der Waals surface area contributed by atoms with Crippen LogP contribution in [-0.4, -0.2) is 22.5 Å². The molecule has 5 heteroatoms. The van der Waals surface area contributed by atoms with Gasteiger partial charge in [-0.2, -0.15) is 0 Å². The molecule has 4 nitrogen and oxygen atoms in total. The lowest BCUT2D eigenvalue weighted by atomic mass is 9.93. The number of thiophene rings is 1. The first kappa shape index (κ1) is 13.1. The molecule has 1 fully saturated rings. The quantitative estimate of drug-likeness (QED) is 0.859. The van der Waals surface area contributed by atoms with Crippen LogP contribution in [0.3, 0.4) is 0 Å². The maximum Gasteiger partial charge on any atom is 0.305 e. The lowest BCUT2D eigenvalue weighted by Gasteiger charge is -2.28. The van der Waals surface area contributed by atoms with E-state index in [0.29, 0.717) is 6.42 Å². The SMILES string of the molecule is O=C(O)CC1(NC(=O)Cc2cccs2)CCCC1. The number of amides is 1. The molecule has 0 atom stereocenters. The van der Waals surface area contributed by atoms with E-state index in [2.05, 4.69) is 5.32 Å². The third-order valence-corrected chi connectivity index (χ3v) is 4.25. The predicted octanol–water partition coefficient (Wildman–Crippen LogP) is 2.19. The van der Waals surface area contributed by atoms with Crippen LogP contribution in [0.5, 0.6) is 0 Å². The van der Waals surface area contributed by atoms with Crippen LogP contribution in [0, 0.1) is 0 Å². The van der Waals surface area contributed by atoms with E-state index in [9.17, 15) is 9.59 Å². The summed E-state index contributed by atoms with van der Waals surface area (Å²) >= 11 is 1.54. The number of carbonyl (C=O) groups is 2. The lowest BCUT2D eigenvalue weighted by Crippen LogP contribution is -2.48. The van der Waals surface area contributed by atoms with Crippen molar-refractivity contribution >= 4 is 23.2 Å². The van der Waals surface area contributed by atoms with Crippen molar-refractivity contribution in [1.82, 2.24) is 5.32 Å². The van der Waals surface area contributed by atoms with Crippen molar-refractivity contribution < 1.29 is 14.7 Å². The topological polar surface area (TPSA) is 66.4 Å². The van der Waals surface area contributed by atoms with Gasteiger partial charge in [-0.3, -0.25) is 9.59 Å². The Labute approximate surface area is 110 Å². The van der Waals surface area contributed by atoms with Crippen molar-refractivity contribution in [2.45, 2.75) is 44.1 Å². The first-order valence-corrected chi connectivity index (χ1v) is 7.03. The van der Waals surface area contributed by atoms with Crippen LogP contribution in [-0.2, 0) is 16.0 Å². The third-order valence-electron chi connectivity index (χ3n) is 3.37. The van der Waals surface area contributed by atoms with Gasteiger partial charge in [-0.1, -0.05) is 18.9 Å². The molecule has 2 N–H and O–H groups in total. The molecule has 1 saturated carbocycles. The van der Waals surface area contributed by atoms with E-state index in [1.807, 2.05) is 17.5 Å². The summed E-state index contributed by atoms with van der Waals surface area (Å²) in [7, 11) is 0. The van der Waals surface area contributed by atoms with Gasteiger partial charge in [0.2, 0.25) is 5.91 Å². The minimum absolute atomic E-state index is 0.0309. The molecule has 0 aromatic carbocycles. The van der Waals surface area contributed by atoms with Gasteiger partial charge in [-0.25, -0.2) is 0 Å². The molecule has 1 aliphatic carbocycles. The van der Waals surface area contributed by atoms with Crippen LogP contribution < -0.4 is 5.32 Å². The Bertz CT molecular complexity index is 421. The highest BCUT2D eigenvalue weighted by Gasteiger charge is 2.37. The first-order valence-electron chi connectivity index (χ1n) is 6.15. The van der Waals surface area contributed by atoms with E-state index in [1.165, 1.54) is 0 Å². The smallest absolute Gasteiger partial charge is 0.305 e. The van der Waals surface area contributed by atoms with Crippen molar-refractivity contribution in [1.29, 1.82) is 0 Å². The molecule has 1 heterocycles. The van der Waals surface area contributed by atoms with Crippen molar-refractivity contribution in [2.75, 3.05) is 0 Å². The van der Waals surface area contributed by atoms with E-state index in [1.54, 1.807) is 11.3 Å². The van der Waals surface area contributed by atoms with Gasteiger partial charge < -0.3 is 10.4 Å². The molecule has 1 amide bonds. The molecule has 1 aromatic heterocycles. The summed E-state index contributed by atoms with van der Waals surface area (Å²) in [5.74, 6) is -0.908. The number of aliphatic carboxylic acids is 1. The molecule has 18 heavy (non-hydrogen) atoms. The Hall–Kier alpha value is -1.36. The second kappa shape index (κ2) is 5.52. The molecule has 98 valence electrons. The Morgan fingerprint density at radius 2 is 2.11 bits per heavy atom. The number of carbonyl (C=O) groups excluding carboxylic acids is 1. The molecule has 0 spiro atoms. The van der Waals surface area contributed by atoms with Gasteiger partial charge in [0.15, 0.2) is 0 Å². The highest BCUT2D eigenvalue weighted by molar-refractivity contribution is 7.10. The summed E-state index contributed by atoms with van der Waals surface area (Å²) in [6.07, 6.45) is 3.91. The fourth-order valence-electron chi connectivity index (χ4n) is 2.60. The van der Waals surface area contributed by atoms with Gasteiger partial charge >= 0.3 is 5.97 Å². The van der Waals surface area contributed by atoms with Crippen LogP contribution in [0.25, 0.3) is 0 Å². The lowest BCUT2D eigenvalue weighted by molar-refractivity contribution is -0.139. The third kappa shape index (κ3) is 3.32. The van der Waals surface area contributed by atoms with Crippen LogP contribution in [0.15, 0.2) is 17.5 Å². The molecule has 0 bridgehead atoms. The number of carboxylic acid groups (broad SMARTS) is 1. The average Bonchev–Trinajstić information content (AvgIpc) is 2.89. The second-order valence-electron chi connectivity index (χ2n) is 4.86. The Morgan fingerprint density at radius 3 is 2.67 bits per heavy atom. The Balaban J connectivity index is 1.96. The van der Waals surface area contributed by atoms with Crippen molar-refractivity contribution in [3.8, 4) is 0 Å². The summed E-state index contributed by atoms with van der Waals surface area (Å²) < 4.78 is 0. The highest BCUT2D eigenvalue weighted by atomic mass is 32.1. The van der Waals surface area contributed by atoms with Crippen LogP contribution in [0.4, 0.5) is 0 Å². The van der Waals surface area contributed by atoms with Crippen LogP contribution in [0.1, 0.15) is 37.0 Å². The predicted molar refractivity (Wildman–Crippen MR) is 69.6 cm³/mol. The standard InChI is InChI=1S/C13H17NO3S/c15-11(8-10-4-3-7-18-10)14-13(9-12(16)17)5-1-2-6-13/h3-4,7H,1-2,5-6,8-9H2,(H,14,15)(H,16,17). The summed E-state index contributed by atoms with van der Waals surface area (Å²) in [6, 6.07) is 3.83. The molecule has 1 aliphatic rings. The van der Waals surface area contributed by atoms with Gasteiger partial charge in [0.25, 0.3) is 0 Å². The fourth-order valence-corrected chi connectivity index (χ4v) is 3.30. The van der Waals surface area contributed by atoms with Crippen molar-refractivity contribution in [3.05, 3.63) is 22.4 Å². The number of hydrogen-bond acceptors (Lipinski definition) is 3. The minimum Gasteiger partial charge on any atom is -0.481 e. The molecular weight excluding hydrogens is 250 g/mol. The normalized spacial score (nSPS) is 17.6. The van der Waals surface area contributed by atoms with E-state index >= 15 is 0 Å². The number of rotatable bonds is 5. The maximum atomic E-state index is 12.0.